The van der Waals surface area contributed by atoms with Crippen LogP contribution in [0.1, 0.15) is 13.3 Å². The summed E-state index contributed by atoms with van der Waals surface area (Å²) in [6.07, 6.45) is -0.0872. The van der Waals surface area contributed by atoms with Crippen molar-refractivity contribution in [2.45, 2.75) is 19.4 Å². The molecule has 0 bridgehead atoms. The molecule has 1 atom stereocenters. The molecule has 8 nitrogen and oxygen atoms in total. The fraction of sp³-hybridized carbons (Fsp3) is 0.700. The second-order valence-corrected chi connectivity index (χ2v) is 3.66. The quantitative estimate of drug-likeness (QED) is 0.449. The van der Waals surface area contributed by atoms with Gasteiger partial charge in [-0.15, -0.1) is 0 Å². The summed E-state index contributed by atoms with van der Waals surface area (Å²) in [5.74, 6) is -1.56. The number of aliphatic hydroxyl groups is 1. The number of carbonyl (C=O) groups excluding carboxylic acids is 2. The first kappa shape index (κ1) is 16.2. The molecule has 0 aliphatic heterocycles. The Labute approximate surface area is 105 Å². The summed E-state index contributed by atoms with van der Waals surface area (Å²) in [6, 6.07) is -1.85. The maximum atomic E-state index is 11.6. The molecule has 0 aliphatic rings. The Hall–Kier alpha value is -1.83. The van der Waals surface area contributed by atoms with Crippen LogP contribution in [0.25, 0.3) is 0 Å². The number of hydrogen-bond acceptors (Lipinski definition) is 4. The van der Waals surface area contributed by atoms with Crippen LogP contribution in [-0.2, 0) is 9.59 Å². The number of aliphatic carboxylic acids is 1. The van der Waals surface area contributed by atoms with Crippen molar-refractivity contribution in [2.75, 3.05) is 26.7 Å². The van der Waals surface area contributed by atoms with Gasteiger partial charge in [-0.2, -0.15) is 0 Å². The second kappa shape index (κ2) is 8.29. The van der Waals surface area contributed by atoms with Gasteiger partial charge < -0.3 is 25.7 Å². The molecule has 0 saturated carbocycles. The highest BCUT2D eigenvalue weighted by molar-refractivity contribution is 5.86. The van der Waals surface area contributed by atoms with Gasteiger partial charge in [0, 0.05) is 26.6 Å². The molecule has 0 radical (unpaired) electrons. The van der Waals surface area contributed by atoms with E-state index in [1.807, 2.05) is 0 Å². The summed E-state index contributed by atoms with van der Waals surface area (Å²) in [4.78, 5) is 34.6. The van der Waals surface area contributed by atoms with Gasteiger partial charge in [-0.1, -0.05) is 0 Å². The number of aliphatic hydroxyl groups excluding tert-OH is 1. The molecule has 0 fully saturated rings. The third-order valence-corrected chi connectivity index (χ3v) is 2.11. The van der Waals surface area contributed by atoms with Crippen LogP contribution >= 0.6 is 0 Å². The van der Waals surface area contributed by atoms with Gasteiger partial charge in [-0.25, -0.2) is 9.59 Å². The SMILES string of the molecule is CCNC(=O)CN(C)C(=O)N[C@H](CCO)C(=O)O. The lowest BCUT2D eigenvalue weighted by Crippen LogP contribution is -2.49. The van der Waals surface area contributed by atoms with Crippen molar-refractivity contribution in [3.63, 3.8) is 0 Å². The standard InChI is InChI=1S/C10H19N3O5/c1-3-11-8(15)6-13(2)10(18)12-7(4-5-14)9(16)17/h7,14H,3-6H2,1-2H3,(H,11,15)(H,12,18)(H,16,17)/t7-/m1/s1. The molecule has 8 heteroatoms. The Bertz CT molecular complexity index is 308. The molecule has 18 heavy (non-hydrogen) atoms. The lowest BCUT2D eigenvalue weighted by Gasteiger charge is -2.20. The van der Waals surface area contributed by atoms with Gasteiger partial charge in [0.05, 0.1) is 0 Å². The molecular formula is C10H19N3O5. The Morgan fingerprint density at radius 1 is 1.33 bits per heavy atom. The lowest BCUT2D eigenvalue weighted by atomic mass is 10.2. The number of nitrogens with zero attached hydrogens (tertiary/aromatic N) is 1. The minimum atomic E-state index is -1.23. The molecule has 0 aromatic carbocycles. The molecule has 0 heterocycles. The van der Waals surface area contributed by atoms with Crippen molar-refractivity contribution >= 4 is 17.9 Å². The van der Waals surface area contributed by atoms with Crippen molar-refractivity contribution in [3.8, 4) is 0 Å². The van der Waals surface area contributed by atoms with Gasteiger partial charge in [-0.3, -0.25) is 4.79 Å². The van der Waals surface area contributed by atoms with Crippen LogP contribution in [0, 0.1) is 0 Å². The molecule has 4 N–H and O–H groups in total. The number of likely N-dealkylation sites (N-methyl/N-ethyl adjacent to an activating group) is 2. The van der Waals surface area contributed by atoms with E-state index in [1.165, 1.54) is 7.05 Å². The number of amides is 3. The summed E-state index contributed by atoms with van der Waals surface area (Å²) < 4.78 is 0. The van der Waals surface area contributed by atoms with E-state index < -0.39 is 18.0 Å². The van der Waals surface area contributed by atoms with Crippen molar-refractivity contribution < 1.29 is 24.6 Å². The molecule has 0 rings (SSSR count). The van der Waals surface area contributed by atoms with Crippen LogP contribution in [0.2, 0.25) is 0 Å². The molecule has 0 aromatic rings. The maximum Gasteiger partial charge on any atom is 0.326 e. The number of carbonyl (C=O) groups is 3. The van der Waals surface area contributed by atoms with Gasteiger partial charge in [-0.05, 0) is 6.92 Å². The van der Waals surface area contributed by atoms with Crippen molar-refractivity contribution in [1.82, 2.24) is 15.5 Å². The highest BCUT2D eigenvalue weighted by atomic mass is 16.4. The number of hydrogen-bond donors (Lipinski definition) is 4. The number of rotatable bonds is 7. The van der Waals surface area contributed by atoms with Gasteiger partial charge in [0.25, 0.3) is 0 Å². The highest BCUT2D eigenvalue weighted by Gasteiger charge is 2.21. The van der Waals surface area contributed by atoms with Crippen molar-refractivity contribution in [1.29, 1.82) is 0 Å². The van der Waals surface area contributed by atoms with E-state index in [-0.39, 0.29) is 25.5 Å². The number of carboxylic acid groups (broad SMARTS) is 1. The fourth-order valence-electron chi connectivity index (χ4n) is 1.19. The third-order valence-electron chi connectivity index (χ3n) is 2.11. The maximum absolute atomic E-state index is 11.6. The Kier molecular flexibility index (Phi) is 7.45. The van der Waals surface area contributed by atoms with Crippen LogP contribution in [-0.4, -0.2) is 65.8 Å². The van der Waals surface area contributed by atoms with E-state index in [4.69, 9.17) is 10.2 Å². The van der Waals surface area contributed by atoms with E-state index in [0.29, 0.717) is 6.54 Å². The molecule has 0 spiro atoms. The number of urea groups is 1. The molecule has 0 aromatic heterocycles. The van der Waals surface area contributed by atoms with Crippen LogP contribution in [0.5, 0.6) is 0 Å². The first-order valence-electron chi connectivity index (χ1n) is 5.54. The fourth-order valence-corrected chi connectivity index (χ4v) is 1.19. The number of carboxylic acids is 1. The summed E-state index contributed by atoms with van der Waals surface area (Å²) in [6.45, 7) is 1.69. The summed E-state index contributed by atoms with van der Waals surface area (Å²) in [5, 5.41) is 22.2. The molecule has 104 valence electrons. The predicted molar refractivity (Wildman–Crippen MR) is 63.0 cm³/mol. The molecule has 3 amide bonds. The first-order valence-corrected chi connectivity index (χ1v) is 5.54. The van der Waals surface area contributed by atoms with Crippen molar-refractivity contribution in [3.05, 3.63) is 0 Å². The van der Waals surface area contributed by atoms with Crippen LogP contribution in [0.4, 0.5) is 4.79 Å². The van der Waals surface area contributed by atoms with E-state index in [0.717, 1.165) is 4.90 Å². The summed E-state index contributed by atoms with van der Waals surface area (Å²) in [7, 11) is 1.38. The monoisotopic (exact) mass is 261 g/mol. The Morgan fingerprint density at radius 3 is 2.39 bits per heavy atom. The Balaban J connectivity index is 4.28. The van der Waals surface area contributed by atoms with Gasteiger partial charge in [0.15, 0.2) is 0 Å². The van der Waals surface area contributed by atoms with Gasteiger partial charge in [0.2, 0.25) is 5.91 Å². The topological polar surface area (TPSA) is 119 Å². The average Bonchev–Trinajstić information content (AvgIpc) is 2.28. The second-order valence-electron chi connectivity index (χ2n) is 3.66. The van der Waals surface area contributed by atoms with Crippen LogP contribution in [0.15, 0.2) is 0 Å². The molecular weight excluding hydrogens is 242 g/mol. The zero-order valence-electron chi connectivity index (χ0n) is 10.5. The zero-order valence-corrected chi connectivity index (χ0v) is 10.5. The normalized spacial score (nSPS) is 11.5. The van der Waals surface area contributed by atoms with Crippen molar-refractivity contribution in [2.24, 2.45) is 0 Å². The molecule has 0 unspecified atom stereocenters. The minimum Gasteiger partial charge on any atom is -0.480 e. The lowest BCUT2D eigenvalue weighted by molar-refractivity contribution is -0.139. The highest BCUT2D eigenvalue weighted by Crippen LogP contribution is 1.94. The predicted octanol–water partition coefficient (Wildman–Crippen LogP) is -1.40. The van der Waals surface area contributed by atoms with E-state index in [9.17, 15) is 14.4 Å². The average molecular weight is 261 g/mol. The molecule has 0 saturated heterocycles. The summed E-state index contributed by atoms with van der Waals surface area (Å²) in [5.41, 5.74) is 0. The van der Waals surface area contributed by atoms with E-state index in [1.54, 1.807) is 6.92 Å². The largest absolute Gasteiger partial charge is 0.480 e. The third kappa shape index (κ3) is 6.04. The minimum absolute atomic E-state index is 0.0872. The van der Waals surface area contributed by atoms with Crippen LogP contribution in [0.3, 0.4) is 0 Å². The molecule has 0 aliphatic carbocycles. The van der Waals surface area contributed by atoms with Crippen LogP contribution < -0.4 is 10.6 Å². The van der Waals surface area contributed by atoms with Gasteiger partial charge in [0.1, 0.15) is 12.6 Å². The smallest absolute Gasteiger partial charge is 0.326 e. The van der Waals surface area contributed by atoms with E-state index in [2.05, 4.69) is 10.6 Å². The zero-order chi connectivity index (χ0) is 14.1. The Morgan fingerprint density at radius 2 is 1.94 bits per heavy atom. The first-order chi connectivity index (χ1) is 8.42. The number of nitrogens with one attached hydrogen (secondary N) is 2. The summed E-state index contributed by atoms with van der Waals surface area (Å²) >= 11 is 0. The van der Waals surface area contributed by atoms with E-state index >= 15 is 0 Å². The van der Waals surface area contributed by atoms with Gasteiger partial charge >= 0.3 is 12.0 Å².